The molecule has 0 saturated heterocycles. The number of hydrogen-bond acceptors (Lipinski definition) is 3. The van der Waals surface area contributed by atoms with E-state index in [1.807, 2.05) is 36.4 Å². The zero-order chi connectivity index (χ0) is 19.6. The minimum absolute atomic E-state index is 0.0192. The topological polar surface area (TPSA) is 72.2 Å². The number of para-hydroxylation sites is 2. The summed E-state index contributed by atoms with van der Waals surface area (Å²) in [5.74, 6) is 0.654. The maximum absolute atomic E-state index is 12.2. The van der Waals surface area contributed by atoms with Gasteiger partial charge >= 0.3 is 0 Å². The van der Waals surface area contributed by atoms with Gasteiger partial charge in [-0.1, -0.05) is 63.1 Å². The number of ketones is 1. The van der Waals surface area contributed by atoms with Crippen LogP contribution in [0.15, 0.2) is 48.5 Å². The highest BCUT2D eigenvalue weighted by molar-refractivity contribution is 5.96. The van der Waals surface area contributed by atoms with Crippen LogP contribution in [-0.2, 0) is 4.79 Å². The van der Waals surface area contributed by atoms with Crippen molar-refractivity contribution in [2.24, 2.45) is 0 Å². The minimum atomic E-state index is -0.0192. The Morgan fingerprint density at radius 1 is 0.889 bits per heavy atom. The van der Waals surface area contributed by atoms with Crippen molar-refractivity contribution in [3.8, 4) is 0 Å². The van der Waals surface area contributed by atoms with Gasteiger partial charge in [-0.05, 0) is 36.5 Å². The lowest BCUT2D eigenvalue weighted by molar-refractivity contribution is -0.116. The monoisotopic (exact) mass is 366 g/mol. The number of benzene rings is 2. The first kappa shape index (κ1) is 20.7. The Bertz CT molecular complexity index is 751. The number of Topliss-reactive ketones (excluding diaryl/α,β-unsaturated/α-hetero) is 1. The second-order valence-electron chi connectivity index (χ2n) is 7.25. The van der Waals surface area contributed by atoms with Crippen LogP contribution in [0.3, 0.4) is 0 Å². The molecule has 144 valence electrons. The molecule has 0 heterocycles. The molecule has 0 aliphatic heterocycles. The Morgan fingerprint density at radius 3 is 2.15 bits per heavy atom. The van der Waals surface area contributed by atoms with E-state index in [4.69, 9.17) is 5.73 Å². The Labute approximate surface area is 162 Å². The molecular weight excluding hydrogens is 336 g/mol. The van der Waals surface area contributed by atoms with Crippen molar-refractivity contribution in [2.75, 3.05) is 11.1 Å². The second-order valence-corrected chi connectivity index (χ2v) is 7.25. The molecular formula is C23H30N2O2. The van der Waals surface area contributed by atoms with E-state index < -0.39 is 0 Å². The van der Waals surface area contributed by atoms with Gasteiger partial charge in [0.15, 0.2) is 5.78 Å². The Balaban J connectivity index is 1.60. The first-order valence-corrected chi connectivity index (χ1v) is 9.75. The van der Waals surface area contributed by atoms with Gasteiger partial charge in [0.05, 0.1) is 11.4 Å². The molecule has 2 rings (SSSR count). The lowest BCUT2D eigenvalue weighted by atomic mass is 9.98. The van der Waals surface area contributed by atoms with Crippen LogP contribution in [0.25, 0.3) is 0 Å². The molecule has 0 aliphatic rings. The fourth-order valence-corrected chi connectivity index (χ4v) is 2.95. The highest BCUT2D eigenvalue weighted by Crippen LogP contribution is 2.18. The number of nitrogens with one attached hydrogen (secondary N) is 1. The summed E-state index contributed by atoms with van der Waals surface area (Å²) in [4.78, 5) is 24.2. The quantitative estimate of drug-likeness (QED) is 0.329. The van der Waals surface area contributed by atoms with Crippen LogP contribution in [0.5, 0.6) is 0 Å². The van der Waals surface area contributed by atoms with E-state index in [1.165, 1.54) is 5.56 Å². The maximum Gasteiger partial charge on any atom is 0.224 e. The molecule has 1 amide bonds. The van der Waals surface area contributed by atoms with Gasteiger partial charge in [-0.15, -0.1) is 0 Å². The number of carbonyl (C=O) groups excluding carboxylic acids is 2. The van der Waals surface area contributed by atoms with Crippen LogP contribution < -0.4 is 11.1 Å². The molecule has 0 unspecified atom stereocenters. The second kappa shape index (κ2) is 10.5. The average Bonchev–Trinajstić information content (AvgIpc) is 2.66. The van der Waals surface area contributed by atoms with Crippen molar-refractivity contribution in [1.29, 1.82) is 0 Å². The highest BCUT2D eigenvalue weighted by Gasteiger charge is 2.07. The number of nitrogens with two attached hydrogens (primary N) is 1. The molecule has 0 bridgehead atoms. The van der Waals surface area contributed by atoms with Gasteiger partial charge in [0.25, 0.3) is 0 Å². The van der Waals surface area contributed by atoms with Gasteiger partial charge in [0, 0.05) is 18.4 Å². The van der Waals surface area contributed by atoms with Gasteiger partial charge in [0.1, 0.15) is 0 Å². The Hall–Kier alpha value is -2.62. The number of anilines is 2. The summed E-state index contributed by atoms with van der Waals surface area (Å²) in [6.45, 7) is 4.29. The fraction of sp³-hybridized carbons (Fsp3) is 0.391. The molecule has 0 aliphatic carbocycles. The number of nitrogen functional groups attached to an aromatic ring is 1. The molecule has 0 radical (unpaired) electrons. The van der Waals surface area contributed by atoms with Crippen LogP contribution in [0.2, 0.25) is 0 Å². The fourth-order valence-electron chi connectivity index (χ4n) is 2.95. The molecule has 0 atom stereocenters. The van der Waals surface area contributed by atoms with Crippen molar-refractivity contribution in [3.63, 3.8) is 0 Å². The van der Waals surface area contributed by atoms with E-state index in [9.17, 15) is 9.59 Å². The zero-order valence-corrected chi connectivity index (χ0v) is 16.3. The number of rotatable bonds is 10. The van der Waals surface area contributed by atoms with E-state index in [-0.39, 0.29) is 11.7 Å². The number of amides is 1. The van der Waals surface area contributed by atoms with E-state index >= 15 is 0 Å². The first-order valence-electron chi connectivity index (χ1n) is 9.75. The SMILES string of the molecule is CC(C)c1ccc(C(=O)CCCCCCC(=O)Nc2ccccc2N)cc1. The third-order valence-electron chi connectivity index (χ3n) is 4.69. The lowest BCUT2D eigenvalue weighted by Gasteiger charge is -2.08. The molecule has 2 aromatic carbocycles. The summed E-state index contributed by atoms with van der Waals surface area (Å²) in [5, 5.41) is 2.84. The molecule has 0 spiro atoms. The van der Waals surface area contributed by atoms with Gasteiger partial charge in [-0.3, -0.25) is 9.59 Å². The highest BCUT2D eigenvalue weighted by atomic mass is 16.1. The molecule has 2 aromatic rings. The van der Waals surface area contributed by atoms with E-state index in [0.717, 1.165) is 31.2 Å². The van der Waals surface area contributed by atoms with Gasteiger partial charge in [-0.2, -0.15) is 0 Å². The summed E-state index contributed by atoms with van der Waals surface area (Å²) < 4.78 is 0. The summed E-state index contributed by atoms with van der Waals surface area (Å²) in [5.41, 5.74) is 9.10. The van der Waals surface area contributed by atoms with E-state index in [0.29, 0.717) is 30.1 Å². The summed E-state index contributed by atoms with van der Waals surface area (Å²) in [7, 11) is 0. The van der Waals surface area contributed by atoms with Gasteiger partial charge < -0.3 is 11.1 Å². The third kappa shape index (κ3) is 6.89. The first-order chi connectivity index (χ1) is 13.0. The molecule has 3 N–H and O–H groups in total. The van der Waals surface area contributed by atoms with Crippen molar-refractivity contribution in [1.82, 2.24) is 0 Å². The van der Waals surface area contributed by atoms with Crippen LogP contribution in [0, 0.1) is 0 Å². The number of hydrogen-bond donors (Lipinski definition) is 2. The molecule has 4 nitrogen and oxygen atoms in total. The smallest absolute Gasteiger partial charge is 0.224 e. The van der Waals surface area contributed by atoms with Crippen LogP contribution in [-0.4, -0.2) is 11.7 Å². The molecule has 4 heteroatoms. The summed E-state index contributed by atoms with van der Waals surface area (Å²) >= 11 is 0. The molecule has 0 aromatic heterocycles. The number of unbranched alkanes of at least 4 members (excludes halogenated alkanes) is 3. The number of carbonyl (C=O) groups is 2. The Morgan fingerprint density at radius 2 is 1.52 bits per heavy atom. The van der Waals surface area contributed by atoms with Crippen molar-refractivity contribution >= 4 is 23.1 Å². The van der Waals surface area contributed by atoms with Crippen molar-refractivity contribution in [2.45, 2.75) is 58.3 Å². The molecule has 0 saturated carbocycles. The van der Waals surface area contributed by atoms with Crippen LogP contribution in [0.1, 0.15) is 74.2 Å². The molecule has 0 fully saturated rings. The van der Waals surface area contributed by atoms with Crippen molar-refractivity contribution < 1.29 is 9.59 Å². The van der Waals surface area contributed by atoms with Crippen LogP contribution in [0.4, 0.5) is 11.4 Å². The Kier molecular flexibility index (Phi) is 8.05. The molecule has 27 heavy (non-hydrogen) atoms. The van der Waals surface area contributed by atoms with E-state index in [1.54, 1.807) is 12.1 Å². The summed E-state index contributed by atoms with van der Waals surface area (Å²) in [6, 6.07) is 15.2. The summed E-state index contributed by atoms with van der Waals surface area (Å²) in [6.07, 6.45) is 4.61. The predicted molar refractivity (Wildman–Crippen MR) is 112 cm³/mol. The van der Waals surface area contributed by atoms with Gasteiger partial charge in [-0.25, -0.2) is 0 Å². The average molecular weight is 367 g/mol. The zero-order valence-electron chi connectivity index (χ0n) is 16.3. The normalized spacial score (nSPS) is 10.8. The largest absolute Gasteiger partial charge is 0.397 e. The van der Waals surface area contributed by atoms with Crippen LogP contribution >= 0.6 is 0 Å². The van der Waals surface area contributed by atoms with Gasteiger partial charge in [0.2, 0.25) is 5.91 Å². The third-order valence-corrected chi connectivity index (χ3v) is 4.69. The van der Waals surface area contributed by atoms with E-state index in [2.05, 4.69) is 19.2 Å². The van der Waals surface area contributed by atoms with Crippen molar-refractivity contribution in [3.05, 3.63) is 59.7 Å². The maximum atomic E-state index is 12.2. The predicted octanol–water partition coefficient (Wildman–Crippen LogP) is 5.55. The standard InChI is InChI=1S/C23H30N2O2/c1-17(2)18-13-15-19(16-14-18)22(26)11-5-3-4-6-12-23(27)25-21-10-8-7-9-20(21)24/h7-10,13-17H,3-6,11-12,24H2,1-2H3,(H,25,27). The minimum Gasteiger partial charge on any atom is -0.397 e. The lowest BCUT2D eigenvalue weighted by Crippen LogP contribution is -2.12.